The Labute approximate surface area is 210 Å². The Kier molecular flexibility index (Phi) is 8.10. The Bertz CT molecular complexity index is 997. The smallest absolute Gasteiger partial charge is 0.341 e. The molecule has 1 aliphatic carbocycles. The predicted octanol–water partition coefficient (Wildman–Crippen LogP) is 1.94. The minimum Gasteiger partial charge on any atom is -0.466 e. The average Bonchev–Trinajstić information content (AvgIpc) is 3.37. The van der Waals surface area contributed by atoms with E-state index in [9.17, 15) is 24.3 Å². The second-order valence-corrected chi connectivity index (χ2v) is 9.62. The SMILES string of the molecule is C=C1C(=O)O[C@H]2[C@H]1[C@H](OC(=O)[C@@]1(C)O[C@H]1C)[C@@H](OC(=O)[C@H](C)CC)/C(C(=O)OC)=C\CCC(=C)[C@@H]2O. The number of fused-ring (bicyclic) bond motifs is 1. The summed E-state index contributed by atoms with van der Waals surface area (Å²) in [4.78, 5) is 51.6. The van der Waals surface area contributed by atoms with Crippen molar-refractivity contribution >= 4 is 23.9 Å². The fraction of sp³-hybridized carbons (Fsp3) is 0.615. The average molecular weight is 507 g/mol. The van der Waals surface area contributed by atoms with E-state index in [-0.39, 0.29) is 24.0 Å². The van der Waals surface area contributed by atoms with Gasteiger partial charge in [0.1, 0.15) is 12.2 Å². The molecule has 198 valence electrons. The van der Waals surface area contributed by atoms with Crippen LogP contribution >= 0.6 is 0 Å². The number of aliphatic hydroxyl groups is 1. The van der Waals surface area contributed by atoms with Crippen LogP contribution in [0.15, 0.2) is 36.0 Å². The molecule has 0 spiro atoms. The number of carbonyl (C=O) groups excluding carboxylic acids is 4. The third-order valence-electron chi connectivity index (χ3n) is 7.25. The fourth-order valence-electron chi connectivity index (χ4n) is 4.31. The molecule has 0 aromatic rings. The molecule has 10 nitrogen and oxygen atoms in total. The summed E-state index contributed by atoms with van der Waals surface area (Å²) in [5.74, 6) is -4.74. The molecule has 1 N–H and O–H groups in total. The fourth-order valence-corrected chi connectivity index (χ4v) is 4.31. The number of rotatable bonds is 6. The first-order chi connectivity index (χ1) is 16.9. The molecule has 0 aromatic carbocycles. The highest BCUT2D eigenvalue weighted by Gasteiger charge is 2.60. The number of hydrogen-bond acceptors (Lipinski definition) is 10. The summed E-state index contributed by atoms with van der Waals surface area (Å²) >= 11 is 0. The molecule has 0 bridgehead atoms. The third kappa shape index (κ3) is 5.10. The summed E-state index contributed by atoms with van der Waals surface area (Å²) in [5, 5.41) is 11.0. The van der Waals surface area contributed by atoms with Crippen LogP contribution in [0, 0.1) is 11.8 Å². The lowest BCUT2D eigenvalue weighted by molar-refractivity contribution is -0.178. The summed E-state index contributed by atoms with van der Waals surface area (Å²) in [6.45, 7) is 14.4. The molecule has 3 rings (SSSR count). The Balaban J connectivity index is 2.19. The summed E-state index contributed by atoms with van der Waals surface area (Å²) in [6.07, 6.45) is -3.50. The molecule has 2 heterocycles. The van der Waals surface area contributed by atoms with Gasteiger partial charge in [0.05, 0.1) is 30.6 Å². The van der Waals surface area contributed by atoms with Crippen molar-refractivity contribution < 1.29 is 48.0 Å². The van der Waals surface area contributed by atoms with E-state index in [1.165, 1.54) is 20.1 Å². The number of esters is 4. The molecule has 2 fully saturated rings. The molecule has 0 amide bonds. The molecule has 2 aliphatic heterocycles. The van der Waals surface area contributed by atoms with E-state index >= 15 is 0 Å². The number of hydrogen-bond donors (Lipinski definition) is 1. The monoisotopic (exact) mass is 506 g/mol. The van der Waals surface area contributed by atoms with Gasteiger partial charge < -0.3 is 28.8 Å². The molecule has 0 radical (unpaired) electrons. The predicted molar refractivity (Wildman–Crippen MR) is 125 cm³/mol. The molecular formula is C26H34O10. The molecule has 8 atom stereocenters. The molecule has 2 saturated heterocycles. The summed E-state index contributed by atoms with van der Waals surface area (Å²) in [6, 6.07) is 0. The van der Waals surface area contributed by atoms with Crippen LogP contribution in [0.5, 0.6) is 0 Å². The van der Waals surface area contributed by atoms with Crippen molar-refractivity contribution in [3.8, 4) is 0 Å². The highest BCUT2D eigenvalue weighted by molar-refractivity contribution is 5.93. The summed E-state index contributed by atoms with van der Waals surface area (Å²) < 4.78 is 27.4. The van der Waals surface area contributed by atoms with Gasteiger partial charge in [-0.05, 0) is 38.7 Å². The Morgan fingerprint density at radius 1 is 1.28 bits per heavy atom. The number of carbonyl (C=O) groups is 4. The van der Waals surface area contributed by atoms with Gasteiger partial charge in [0, 0.05) is 5.57 Å². The third-order valence-corrected chi connectivity index (χ3v) is 7.25. The Hall–Kier alpha value is -2.98. The quantitative estimate of drug-likeness (QED) is 0.187. The van der Waals surface area contributed by atoms with Gasteiger partial charge in [0.25, 0.3) is 0 Å². The van der Waals surface area contributed by atoms with E-state index in [0.717, 1.165) is 0 Å². The first kappa shape index (κ1) is 27.6. The zero-order valence-electron chi connectivity index (χ0n) is 21.3. The summed E-state index contributed by atoms with van der Waals surface area (Å²) in [5.41, 5.74) is -1.09. The van der Waals surface area contributed by atoms with Crippen molar-refractivity contribution in [1.29, 1.82) is 0 Å². The van der Waals surface area contributed by atoms with Crippen LogP contribution in [-0.4, -0.2) is 72.2 Å². The van der Waals surface area contributed by atoms with Gasteiger partial charge in [0.2, 0.25) is 0 Å². The van der Waals surface area contributed by atoms with Crippen LogP contribution < -0.4 is 0 Å². The zero-order chi connectivity index (χ0) is 26.9. The summed E-state index contributed by atoms with van der Waals surface area (Å²) in [7, 11) is 1.17. The van der Waals surface area contributed by atoms with E-state index in [2.05, 4.69) is 13.2 Å². The van der Waals surface area contributed by atoms with Gasteiger partial charge in [-0.1, -0.05) is 33.1 Å². The number of ether oxygens (including phenoxy) is 5. The lowest BCUT2D eigenvalue weighted by Crippen LogP contribution is -2.50. The van der Waals surface area contributed by atoms with Crippen molar-refractivity contribution in [3.63, 3.8) is 0 Å². The number of epoxide rings is 1. The lowest BCUT2D eigenvalue weighted by atomic mass is 9.80. The Morgan fingerprint density at radius 2 is 1.92 bits per heavy atom. The van der Waals surface area contributed by atoms with Gasteiger partial charge in [-0.3, -0.25) is 4.79 Å². The molecule has 0 unspecified atom stereocenters. The second kappa shape index (κ2) is 10.6. The number of aliphatic hydroxyl groups excluding tert-OH is 1. The minimum absolute atomic E-state index is 0.0723. The maximum atomic E-state index is 13.2. The van der Waals surface area contributed by atoms with Crippen molar-refractivity contribution in [3.05, 3.63) is 36.0 Å². The van der Waals surface area contributed by atoms with E-state index < -0.39 is 71.8 Å². The maximum absolute atomic E-state index is 13.2. The highest BCUT2D eigenvalue weighted by Crippen LogP contribution is 2.42. The van der Waals surface area contributed by atoms with E-state index in [1.807, 2.05) is 0 Å². The van der Waals surface area contributed by atoms with Crippen molar-refractivity contribution in [1.82, 2.24) is 0 Å². The van der Waals surface area contributed by atoms with E-state index in [0.29, 0.717) is 12.0 Å². The van der Waals surface area contributed by atoms with Crippen LogP contribution in [0.3, 0.4) is 0 Å². The molecule has 36 heavy (non-hydrogen) atoms. The standard InChI is InChI=1S/C26H34O10/c1-8-12(2)22(28)33-19-16(24(30)32-7)11-9-10-13(3)18(27)20-17(14(4)23(29)34-20)21(19)35-25(31)26(6)15(5)36-26/h11-12,15,17-21,27H,3-4,8-10H2,1-2,5-7H3/b16-11+/t12-,15+,17+,18+,19+,20+,21+,26+/m1/s1. The van der Waals surface area contributed by atoms with Crippen molar-refractivity contribution in [2.75, 3.05) is 7.11 Å². The normalized spacial score (nSPS) is 36.5. The van der Waals surface area contributed by atoms with Crippen molar-refractivity contribution in [2.45, 2.75) is 83.1 Å². The Morgan fingerprint density at radius 3 is 2.47 bits per heavy atom. The van der Waals surface area contributed by atoms with Crippen LogP contribution in [0.25, 0.3) is 0 Å². The molecule has 3 aliphatic rings. The minimum atomic E-state index is -1.47. The van der Waals surface area contributed by atoms with E-state index in [1.54, 1.807) is 20.8 Å². The lowest BCUT2D eigenvalue weighted by Gasteiger charge is -2.36. The maximum Gasteiger partial charge on any atom is 0.341 e. The van der Waals surface area contributed by atoms with Gasteiger partial charge in [0.15, 0.2) is 17.8 Å². The first-order valence-corrected chi connectivity index (χ1v) is 12.0. The second-order valence-electron chi connectivity index (χ2n) is 9.62. The van der Waals surface area contributed by atoms with Crippen LogP contribution in [0.4, 0.5) is 0 Å². The van der Waals surface area contributed by atoms with Gasteiger partial charge in [-0.2, -0.15) is 0 Å². The van der Waals surface area contributed by atoms with E-state index in [4.69, 9.17) is 23.7 Å². The number of allylic oxidation sites excluding steroid dienone is 1. The van der Waals surface area contributed by atoms with Crippen LogP contribution in [0.1, 0.15) is 47.0 Å². The van der Waals surface area contributed by atoms with Gasteiger partial charge in [-0.25, -0.2) is 14.4 Å². The molecular weight excluding hydrogens is 472 g/mol. The largest absolute Gasteiger partial charge is 0.466 e. The van der Waals surface area contributed by atoms with Crippen molar-refractivity contribution in [2.24, 2.45) is 11.8 Å². The van der Waals surface area contributed by atoms with Gasteiger partial charge >= 0.3 is 23.9 Å². The number of methoxy groups -OCH3 is 1. The first-order valence-electron chi connectivity index (χ1n) is 12.0. The molecule has 0 saturated carbocycles. The van der Waals surface area contributed by atoms with Crippen LogP contribution in [-0.2, 0) is 42.9 Å². The molecule has 10 heteroatoms. The van der Waals surface area contributed by atoms with Gasteiger partial charge in [-0.15, -0.1) is 0 Å². The topological polar surface area (TPSA) is 138 Å². The highest BCUT2D eigenvalue weighted by atomic mass is 16.7. The zero-order valence-corrected chi connectivity index (χ0v) is 21.3. The van der Waals surface area contributed by atoms with Crippen LogP contribution in [0.2, 0.25) is 0 Å². The molecule has 0 aromatic heterocycles.